The van der Waals surface area contributed by atoms with Gasteiger partial charge in [0.2, 0.25) is 0 Å². The van der Waals surface area contributed by atoms with Gasteiger partial charge in [-0.2, -0.15) is 13.9 Å². The highest BCUT2D eigenvalue weighted by Crippen LogP contribution is 2.25. The Labute approximate surface area is 103 Å². The minimum atomic E-state index is -2.86. The van der Waals surface area contributed by atoms with Crippen LogP contribution in [0.25, 0.3) is 0 Å². The lowest BCUT2D eigenvalue weighted by Gasteiger charge is -2.18. The van der Waals surface area contributed by atoms with Gasteiger partial charge in [0.05, 0.1) is 5.71 Å². The number of alkyl halides is 2. The minimum absolute atomic E-state index is 0.0390. The molecule has 0 amide bonds. The Morgan fingerprint density at radius 3 is 2.72 bits per heavy atom. The van der Waals surface area contributed by atoms with Crippen molar-refractivity contribution >= 4 is 11.5 Å². The molecule has 0 bridgehead atoms. The van der Waals surface area contributed by atoms with Crippen molar-refractivity contribution in [2.45, 2.75) is 20.0 Å². The Kier molecular flexibility index (Phi) is 3.55. The number of hydrogen-bond donors (Lipinski definition) is 1. The first-order valence-corrected chi connectivity index (χ1v) is 5.52. The molecule has 0 saturated heterocycles. The van der Waals surface area contributed by atoms with E-state index in [1.165, 1.54) is 6.07 Å². The zero-order chi connectivity index (χ0) is 13.1. The summed E-state index contributed by atoms with van der Waals surface area (Å²) < 4.78 is 29.1. The Morgan fingerprint density at radius 2 is 2.06 bits per heavy atom. The molecule has 1 unspecified atom stereocenters. The lowest BCUT2D eigenvalue weighted by Crippen LogP contribution is -2.27. The third-order valence-corrected chi connectivity index (χ3v) is 2.70. The Balaban J connectivity index is 2.34. The van der Waals surface area contributed by atoms with E-state index in [1.807, 2.05) is 6.92 Å². The van der Waals surface area contributed by atoms with Crippen LogP contribution in [-0.4, -0.2) is 18.2 Å². The first-order valence-electron chi connectivity index (χ1n) is 5.52. The van der Waals surface area contributed by atoms with Gasteiger partial charge in [-0.25, -0.2) is 0 Å². The average Bonchev–Trinajstić information content (AvgIpc) is 2.33. The maximum absolute atomic E-state index is 12.3. The number of ether oxygens (including phenoxy) is 1. The van der Waals surface area contributed by atoms with Crippen LogP contribution < -0.4 is 10.5 Å². The van der Waals surface area contributed by atoms with Crippen molar-refractivity contribution in [3.05, 3.63) is 29.8 Å². The van der Waals surface area contributed by atoms with Crippen LogP contribution >= 0.6 is 0 Å². The molecule has 96 valence electrons. The third kappa shape index (κ3) is 2.64. The van der Waals surface area contributed by atoms with Crippen molar-refractivity contribution in [3.63, 3.8) is 0 Å². The zero-order valence-corrected chi connectivity index (χ0v) is 9.81. The van der Waals surface area contributed by atoms with Crippen LogP contribution in [0.1, 0.15) is 18.9 Å². The SMILES string of the molecule is CC1CC(c2ccccc2OC(F)F)=NN=C1N. The molecular weight excluding hydrogens is 240 g/mol. The summed E-state index contributed by atoms with van der Waals surface area (Å²) >= 11 is 0. The number of rotatable bonds is 3. The summed E-state index contributed by atoms with van der Waals surface area (Å²) in [5, 5.41) is 7.78. The molecule has 0 aromatic heterocycles. The monoisotopic (exact) mass is 253 g/mol. The van der Waals surface area contributed by atoms with Gasteiger partial charge in [0, 0.05) is 17.9 Å². The van der Waals surface area contributed by atoms with Gasteiger partial charge in [-0.15, -0.1) is 5.10 Å². The molecule has 0 aliphatic carbocycles. The van der Waals surface area contributed by atoms with Gasteiger partial charge in [-0.1, -0.05) is 19.1 Å². The van der Waals surface area contributed by atoms with Crippen molar-refractivity contribution in [2.75, 3.05) is 0 Å². The summed E-state index contributed by atoms with van der Waals surface area (Å²) in [6, 6.07) is 6.53. The van der Waals surface area contributed by atoms with Gasteiger partial charge in [0.1, 0.15) is 11.6 Å². The van der Waals surface area contributed by atoms with Crippen molar-refractivity contribution in [2.24, 2.45) is 21.9 Å². The molecule has 1 aliphatic rings. The Hall–Kier alpha value is -1.98. The molecule has 4 nitrogen and oxygen atoms in total. The Bertz CT molecular complexity index is 500. The van der Waals surface area contributed by atoms with Gasteiger partial charge >= 0.3 is 6.61 Å². The molecule has 0 fully saturated rings. The van der Waals surface area contributed by atoms with E-state index in [2.05, 4.69) is 14.9 Å². The molecule has 0 radical (unpaired) electrons. The van der Waals surface area contributed by atoms with Gasteiger partial charge in [-0.05, 0) is 12.1 Å². The molecule has 2 N–H and O–H groups in total. The van der Waals surface area contributed by atoms with Gasteiger partial charge in [0.15, 0.2) is 0 Å². The summed E-state index contributed by atoms with van der Waals surface area (Å²) in [4.78, 5) is 0. The number of hydrogen-bond acceptors (Lipinski definition) is 4. The van der Waals surface area contributed by atoms with Crippen LogP contribution in [0.3, 0.4) is 0 Å². The maximum Gasteiger partial charge on any atom is 0.387 e. The van der Waals surface area contributed by atoms with Crippen LogP contribution in [0.2, 0.25) is 0 Å². The fraction of sp³-hybridized carbons (Fsp3) is 0.333. The van der Waals surface area contributed by atoms with Crippen LogP contribution in [-0.2, 0) is 0 Å². The summed E-state index contributed by atoms with van der Waals surface area (Å²) in [5.74, 6) is 0.595. The number of nitrogens with zero attached hydrogens (tertiary/aromatic N) is 2. The second-order valence-corrected chi connectivity index (χ2v) is 4.05. The molecule has 1 aliphatic heterocycles. The number of para-hydroxylation sites is 1. The van der Waals surface area contributed by atoms with E-state index in [4.69, 9.17) is 5.73 Å². The highest BCUT2D eigenvalue weighted by atomic mass is 19.3. The number of benzene rings is 1. The molecular formula is C12H13F2N3O. The van der Waals surface area contributed by atoms with E-state index >= 15 is 0 Å². The second-order valence-electron chi connectivity index (χ2n) is 4.05. The molecule has 1 aromatic carbocycles. The smallest absolute Gasteiger partial charge is 0.387 e. The van der Waals surface area contributed by atoms with Crippen molar-refractivity contribution in [3.8, 4) is 5.75 Å². The van der Waals surface area contributed by atoms with E-state index in [0.717, 1.165) is 0 Å². The van der Waals surface area contributed by atoms with E-state index < -0.39 is 6.61 Å². The van der Waals surface area contributed by atoms with E-state index in [-0.39, 0.29) is 11.7 Å². The molecule has 0 spiro atoms. The summed E-state index contributed by atoms with van der Waals surface area (Å²) in [6.07, 6.45) is 0.555. The predicted octanol–water partition coefficient (Wildman–Crippen LogP) is 2.39. The molecule has 1 heterocycles. The van der Waals surface area contributed by atoms with Gasteiger partial charge in [-0.3, -0.25) is 0 Å². The Morgan fingerprint density at radius 1 is 1.33 bits per heavy atom. The van der Waals surface area contributed by atoms with Crippen molar-refractivity contribution in [1.29, 1.82) is 0 Å². The standard InChI is InChI=1S/C12H13F2N3O/c1-7-6-9(16-17-11(7)15)8-4-2-3-5-10(8)18-12(13)14/h2-5,7,12H,6H2,1H3,(H2,15,17). The largest absolute Gasteiger partial charge is 0.434 e. The fourth-order valence-corrected chi connectivity index (χ4v) is 1.72. The highest BCUT2D eigenvalue weighted by Gasteiger charge is 2.20. The molecule has 0 saturated carbocycles. The summed E-state index contributed by atoms with van der Waals surface area (Å²) in [5.41, 5.74) is 6.76. The molecule has 18 heavy (non-hydrogen) atoms. The lowest BCUT2D eigenvalue weighted by molar-refractivity contribution is -0.0499. The lowest BCUT2D eigenvalue weighted by atomic mass is 9.97. The first kappa shape index (κ1) is 12.5. The van der Waals surface area contributed by atoms with E-state index in [1.54, 1.807) is 18.2 Å². The van der Waals surface area contributed by atoms with Crippen LogP contribution in [0.15, 0.2) is 34.5 Å². The molecule has 1 atom stereocenters. The minimum Gasteiger partial charge on any atom is -0.434 e. The number of amidine groups is 1. The zero-order valence-electron chi connectivity index (χ0n) is 9.81. The number of halogens is 2. The third-order valence-electron chi connectivity index (χ3n) is 2.70. The maximum atomic E-state index is 12.3. The van der Waals surface area contributed by atoms with Crippen molar-refractivity contribution < 1.29 is 13.5 Å². The van der Waals surface area contributed by atoms with Crippen LogP contribution in [0.4, 0.5) is 8.78 Å². The van der Waals surface area contributed by atoms with Crippen LogP contribution in [0.5, 0.6) is 5.75 Å². The highest BCUT2D eigenvalue weighted by molar-refractivity contribution is 6.06. The first-order chi connectivity index (χ1) is 8.58. The quantitative estimate of drug-likeness (QED) is 0.899. The van der Waals surface area contributed by atoms with Crippen LogP contribution in [0, 0.1) is 5.92 Å². The topological polar surface area (TPSA) is 60.0 Å². The van der Waals surface area contributed by atoms with E-state index in [9.17, 15) is 8.78 Å². The second kappa shape index (κ2) is 5.12. The van der Waals surface area contributed by atoms with E-state index in [0.29, 0.717) is 23.5 Å². The summed E-state index contributed by atoms with van der Waals surface area (Å²) in [6.45, 7) is -0.953. The molecule has 1 aromatic rings. The molecule has 2 rings (SSSR count). The average molecular weight is 253 g/mol. The van der Waals surface area contributed by atoms with Crippen molar-refractivity contribution in [1.82, 2.24) is 0 Å². The fourth-order valence-electron chi connectivity index (χ4n) is 1.72. The normalized spacial score (nSPS) is 19.4. The van der Waals surface area contributed by atoms with Gasteiger partial charge in [0.25, 0.3) is 0 Å². The number of nitrogens with two attached hydrogens (primary N) is 1. The predicted molar refractivity (Wildman–Crippen MR) is 65.0 cm³/mol. The molecule has 6 heteroatoms. The van der Waals surface area contributed by atoms with Gasteiger partial charge < -0.3 is 10.5 Å². The summed E-state index contributed by atoms with van der Waals surface area (Å²) in [7, 11) is 0.